The van der Waals surface area contributed by atoms with Crippen molar-refractivity contribution in [2.24, 2.45) is 0 Å². The first-order chi connectivity index (χ1) is 7.69. The highest BCUT2D eigenvalue weighted by molar-refractivity contribution is 5.60. The van der Waals surface area contributed by atoms with Crippen LogP contribution >= 0.6 is 0 Å². The summed E-state index contributed by atoms with van der Waals surface area (Å²) < 4.78 is 0. The van der Waals surface area contributed by atoms with Gasteiger partial charge in [-0.25, -0.2) is 4.98 Å². The van der Waals surface area contributed by atoms with Gasteiger partial charge in [-0.2, -0.15) is 0 Å². The molecule has 0 aromatic carbocycles. The number of nitrogens with one attached hydrogen (secondary N) is 2. The van der Waals surface area contributed by atoms with E-state index >= 15 is 0 Å². The number of anilines is 2. The largest absolute Gasteiger partial charge is 0.370 e. The van der Waals surface area contributed by atoms with Crippen LogP contribution in [0, 0.1) is 10.1 Å². The van der Waals surface area contributed by atoms with E-state index in [2.05, 4.69) is 15.6 Å². The molecule has 88 valence electrons. The predicted molar refractivity (Wildman–Crippen MR) is 63.8 cm³/mol. The second-order valence-corrected chi connectivity index (χ2v) is 3.28. The Bertz CT molecular complexity index is 368. The Hall–Kier alpha value is -1.85. The second kappa shape index (κ2) is 5.89. The van der Waals surface area contributed by atoms with Crippen LogP contribution in [0.2, 0.25) is 0 Å². The average Bonchev–Trinajstić information content (AvgIpc) is 2.26. The van der Waals surface area contributed by atoms with Crippen molar-refractivity contribution in [2.75, 3.05) is 23.7 Å². The van der Waals surface area contributed by atoms with E-state index in [-0.39, 0.29) is 5.69 Å². The van der Waals surface area contributed by atoms with Crippen molar-refractivity contribution in [1.82, 2.24) is 4.98 Å². The zero-order valence-corrected chi connectivity index (χ0v) is 9.49. The van der Waals surface area contributed by atoms with Crippen LogP contribution in [0.3, 0.4) is 0 Å². The van der Waals surface area contributed by atoms with Crippen LogP contribution < -0.4 is 10.6 Å². The van der Waals surface area contributed by atoms with Gasteiger partial charge in [0.2, 0.25) is 5.82 Å². The van der Waals surface area contributed by atoms with Crippen molar-refractivity contribution in [3.05, 3.63) is 22.2 Å². The number of hydrogen-bond acceptors (Lipinski definition) is 5. The fourth-order valence-corrected chi connectivity index (χ4v) is 1.25. The molecule has 0 aliphatic carbocycles. The van der Waals surface area contributed by atoms with E-state index < -0.39 is 4.92 Å². The normalized spacial score (nSPS) is 9.88. The van der Waals surface area contributed by atoms with Gasteiger partial charge in [0.05, 0.1) is 4.92 Å². The van der Waals surface area contributed by atoms with Gasteiger partial charge in [-0.1, -0.05) is 6.92 Å². The Labute approximate surface area is 94.2 Å². The van der Waals surface area contributed by atoms with Crippen LogP contribution in [0.25, 0.3) is 0 Å². The Kier molecular flexibility index (Phi) is 4.50. The lowest BCUT2D eigenvalue weighted by Gasteiger charge is -2.07. The number of nitro groups is 1. The molecule has 0 atom stereocenters. The monoisotopic (exact) mass is 224 g/mol. The van der Waals surface area contributed by atoms with Crippen molar-refractivity contribution in [1.29, 1.82) is 0 Å². The van der Waals surface area contributed by atoms with Gasteiger partial charge in [-0.05, 0) is 19.4 Å². The Morgan fingerprint density at radius 3 is 2.69 bits per heavy atom. The topological polar surface area (TPSA) is 80.1 Å². The van der Waals surface area contributed by atoms with Crippen LogP contribution in [-0.2, 0) is 0 Å². The van der Waals surface area contributed by atoms with Gasteiger partial charge in [-0.15, -0.1) is 0 Å². The van der Waals surface area contributed by atoms with Crippen LogP contribution in [0.15, 0.2) is 12.1 Å². The fraction of sp³-hybridized carbons (Fsp3) is 0.500. The van der Waals surface area contributed by atoms with E-state index in [1.165, 1.54) is 6.07 Å². The molecular formula is C10H16N4O2. The predicted octanol–water partition coefficient (Wildman–Crippen LogP) is 2.24. The second-order valence-electron chi connectivity index (χ2n) is 3.28. The first-order valence-electron chi connectivity index (χ1n) is 5.32. The maximum Gasteiger partial charge on any atom is 0.311 e. The summed E-state index contributed by atoms with van der Waals surface area (Å²) >= 11 is 0. The van der Waals surface area contributed by atoms with Crippen molar-refractivity contribution in [3.8, 4) is 0 Å². The highest BCUT2D eigenvalue weighted by Crippen LogP contribution is 2.23. The van der Waals surface area contributed by atoms with E-state index in [0.717, 1.165) is 13.0 Å². The molecule has 0 spiro atoms. The molecule has 6 heteroatoms. The van der Waals surface area contributed by atoms with Gasteiger partial charge >= 0.3 is 5.69 Å². The summed E-state index contributed by atoms with van der Waals surface area (Å²) in [6.07, 6.45) is 0.893. The quantitative estimate of drug-likeness (QED) is 0.572. The maximum atomic E-state index is 10.8. The molecule has 0 saturated carbocycles. The molecule has 1 rings (SSSR count). The number of rotatable bonds is 6. The molecule has 1 aromatic rings. The van der Waals surface area contributed by atoms with Crippen LogP contribution in [0.5, 0.6) is 0 Å². The zero-order chi connectivity index (χ0) is 12.0. The number of nitrogens with zero attached hydrogens (tertiary/aromatic N) is 2. The summed E-state index contributed by atoms with van der Waals surface area (Å²) in [5.41, 5.74) is 0.00935. The summed E-state index contributed by atoms with van der Waals surface area (Å²) in [6, 6.07) is 3.07. The molecule has 0 saturated heterocycles. The maximum absolute atomic E-state index is 10.8. The van der Waals surface area contributed by atoms with E-state index in [4.69, 9.17) is 0 Å². The van der Waals surface area contributed by atoms with Gasteiger partial charge in [0.15, 0.2) is 0 Å². The molecule has 2 N–H and O–H groups in total. The van der Waals surface area contributed by atoms with Crippen molar-refractivity contribution >= 4 is 17.3 Å². The lowest BCUT2D eigenvalue weighted by atomic mass is 10.3. The summed E-state index contributed by atoms with van der Waals surface area (Å²) in [7, 11) is 0. The molecule has 0 aliphatic heterocycles. The SMILES string of the molecule is CCCNc1nc(NCC)ccc1[N+](=O)[O-]. The molecule has 1 aromatic heterocycles. The lowest BCUT2D eigenvalue weighted by molar-refractivity contribution is -0.384. The molecular weight excluding hydrogens is 208 g/mol. The molecule has 1 heterocycles. The van der Waals surface area contributed by atoms with Gasteiger partial charge in [-0.3, -0.25) is 10.1 Å². The molecule has 0 aliphatic rings. The van der Waals surface area contributed by atoms with Gasteiger partial charge < -0.3 is 10.6 Å². The highest BCUT2D eigenvalue weighted by Gasteiger charge is 2.14. The highest BCUT2D eigenvalue weighted by atomic mass is 16.6. The number of pyridine rings is 1. The van der Waals surface area contributed by atoms with Crippen LogP contribution in [-0.4, -0.2) is 23.0 Å². The summed E-state index contributed by atoms with van der Waals surface area (Å²) in [6.45, 7) is 5.34. The van der Waals surface area contributed by atoms with E-state index in [9.17, 15) is 10.1 Å². The Morgan fingerprint density at radius 1 is 1.38 bits per heavy atom. The van der Waals surface area contributed by atoms with Crippen molar-refractivity contribution in [2.45, 2.75) is 20.3 Å². The average molecular weight is 224 g/mol. The third kappa shape index (κ3) is 3.08. The minimum atomic E-state index is -0.430. The third-order valence-corrected chi connectivity index (χ3v) is 1.97. The summed E-state index contributed by atoms with van der Waals surface area (Å²) in [4.78, 5) is 14.5. The number of aromatic nitrogens is 1. The van der Waals surface area contributed by atoms with Gasteiger partial charge in [0, 0.05) is 19.2 Å². The van der Waals surface area contributed by atoms with E-state index in [0.29, 0.717) is 18.2 Å². The standard InChI is InChI=1S/C10H16N4O2/c1-3-7-12-10-8(14(15)16)5-6-9(13-10)11-4-2/h5-6H,3-4,7H2,1-2H3,(H2,11,12,13). The Balaban J connectivity index is 2.95. The summed E-state index contributed by atoms with van der Waals surface area (Å²) in [5, 5.41) is 16.7. The van der Waals surface area contributed by atoms with Gasteiger partial charge in [0.25, 0.3) is 0 Å². The fourth-order valence-electron chi connectivity index (χ4n) is 1.25. The first kappa shape index (κ1) is 12.2. The molecule has 6 nitrogen and oxygen atoms in total. The van der Waals surface area contributed by atoms with Crippen LogP contribution in [0.1, 0.15) is 20.3 Å². The molecule has 0 unspecified atom stereocenters. The first-order valence-corrected chi connectivity index (χ1v) is 5.32. The summed E-state index contributed by atoms with van der Waals surface area (Å²) in [5.74, 6) is 0.969. The molecule has 0 fully saturated rings. The third-order valence-electron chi connectivity index (χ3n) is 1.97. The smallest absolute Gasteiger partial charge is 0.311 e. The zero-order valence-electron chi connectivity index (χ0n) is 9.49. The number of hydrogen-bond donors (Lipinski definition) is 2. The molecule has 0 bridgehead atoms. The molecule has 0 radical (unpaired) electrons. The van der Waals surface area contributed by atoms with Crippen LogP contribution in [0.4, 0.5) is 17.3 Å². The molecule has 16 heavy (non-hydrogen) atoms. The lowest BCUT2D eigenvalue weighted by Crippen LogP contribution is -2.07. The van der Waals surface area contributed by atoms with E-state index in [1.54, 1.807) is 6.07 Å². The van der Waals surface area contributed by atoms with Crippen molar-refractivity contribution < 1.29 is 4.92 Å². The van der Waals surface area contributed by atoms with Gasteiger partial charge in [0.1, 0.15) is 5.82 Å². The van der Waals surface area contributed by atoms with Crippen molar-refractivity contribution in [3.63, 3.8) is 0 Å². The Morgan fingerprint density at radius 2 is 2.12 bits per heavy atom. The molecule has 0 amide bonds. The minimum absolute atomic E-state index is 0.00935. The minimum Gasteiger partial charge on any atom is -0.370 e. The van der Waals surface area contributed by atoms with E-state index in [1.807, 2.05) is 13.8 Å².